The second-order valence-corrected chi connectivity index (χ2v) is 5.70. The fourth-order valence-electron chi connectivity index (χ4n) is 2.08. The minimum Gasteiger partial charge on any atom is -0.350 e. The summed E-state index contributed by atoms with van der Waals surface area (Å²) in [6.07, 6.45) is 3.07. The molecule has 23 heavy (non-hydrogen) atoms. The Kier molecular flexibility index (Phi) is 4.42. The summed E-state index contributed by atoms with van der Waals surface area (Å²) in [6.45, 7) is 0.502. The number of carbonyl (C=O) groups is 1. The number of halogens is 1. The number of nitrogens with zero attached hydrogens (tertiary/aromatic N) is 4. The number of aromatic nitrogens is 4. The lowest BCUT2D eigenvalue weighted by Crippen LogP contribution is -2.32. The van der Waals surface area contributed by atoms with Gasteiger partial charge in [-0.3, -0.25) is 14.6 Å². The van der Waals surface area contributed by atoms with E-state index in [1.165, 1.54) is 10.9 Å². The molecule has 0 saturated heterocycles. The van der Waals surface area contributed by atoms with E-state index < -0.39 is 0 Å². The number of pyridine rings is 1. The second kappa shape index (κ2) is 6.66. The van der Waals surface area contributed by atoms with Crippen molar-refractivity contribution in [2.45, 2.75) is 6.54 Å². The zero-order chi connectivity index (χ0) is 16.2. The van der Waals surface area contributed by atoms with Crippen LogP contribution in [0.5, 0.6) is 0 Å². The monoisotopic (exact) mass is 373 g/mol. The van der Waals surface area contributed by atoms with E-state index in [1.54, 1.807) is 36.5 Å². The van der Waals surface area contributed by atoms with Gasteiger partial charge in [0.25, 0.3) is 11.5 Å². The van der Waals surface area contributed by atoms with E-state index in [9.17, 15) is 9.59 Å². The minimum atomic E-state index is -0.263. The summed E-state index contributed by atoms with van der Waals surface area (Å²) in [5, 5.41) is 11.1. The molecule has 0 fully saturated rings. The van der Waals surface area contributed by atoms with E-state index in [-0.39, 0.29) is 24.6 Å². The third-order valence-corrected chi connectivity index (χ3v) is 3.64. The van der Waals surface area contributed by atoms with E-state index >= 15 is 0 Å². The third-order valence-electron chi connectivity index (χ3n) is 3.21. The Morgan fingerprint density at radius 1 is 1.26 bits per heavy atom. The molecule has 0 bridgehead atoms. The Labute approximate surface area is 139 Å². The van der Waals surface area contributed by atoms with Crippen molar-refractivity contribution < 1.29 is 4.79 Å². The normalized spacial score (nSPS) is 10.7. The van der Waals surface area contributed by atoms with Crippen LogP contribution in [0, 0.1) is 0 Å². The highest BCUT2D eigenvalue weighted by Gasteiger charge is 2.08. The Morgan fingerprint density at radius 2 is 2.09 bits per heavy atom. The third kappa shape index (κ3) is 3.42. The van der Waals surface area contributed by atoms with Crippen molar-refractivity contribution in [1.82, 2.24) is 25.3 Å². The molecular formula is C15H12BrN5O2. The Balaban J connectivity index is 1.68. The lowest BCUT2D eigenvalue weighted by molar-refractivity contribution is 0.0951. The van der Waals surface area contributed by atoms with E-state index in [2.05, 4.69) is 36.5 Å². The first-order valence-electron chi connectivity index (χ1n) is 6.86. The number of amides is 1. The van der Waals surface area contributed by atoms with E-state index in [4.69, 9.17) is 0 Å². The number of hydrogen-bond acceptors (Lipinski definition) is 5. The van der Waals surface area contributed by atoms with Crippen molar-refractivity contribution >= 4 is 32.7 Å². The fraction of sp³-hybridized carbons (Fsp3) is 0.133. The predicted molar refractivity (Wildman–Crippen MR) is 88.1 cm³/mol. The van der Waals surface area contributed by atoms with Gasteiger partial charge in [0, 0.05) is 23.4 Å². The van der Waals surface area contributed by atoms with Gasteiger partial charge in [-0.25, -0.2) is 4.68 Å². The first-order valence-corrected chi connectivity index (χ1v) is 7.66. The smallest absolute Gasteiger partial charge is 0.277 e. The molecule has 1 N–H and O–H groups in total. The van der Waals surface area contributed by atoms with Crippen LogP contribution in [0.2, 0.25) is 0 Å². The van der Waals surface area contributed by atoms with Gasteiger partial charge in [0.15, 0.2) is 0 Å². The van der Waals surface area contributed by atoms with Crippen LogP contribution >= 0.6 is 15.9 Å². The van der Waals surface area contributed by atoms with Crippen LogP contribution in [-0.4, -0.2) is 32.4 Å². The molecule has 0 radical (unpaired) electrons. The number of fused-ring (bicyclic) bond motifs is 1. The maximum Gasteiger partial charge on any atom is 0.277 e. The minimum absolute atomic E-state index is 0.228. The molecule has 0 aliphatic heterocycles. The summed E-state index contributed by atoms with van der Waals surface area (Å²) in [5.41, 5.74) is 0.767. The van der Waals surface area contributed by atoms with Crippen LogP contribution in [0.1, 0.15) is 10.4 Å². The molecule has 1 amide bonds. The molecule has 2 aromatic heterocycles. The van der Waals surface area contributed by atoms with Crippen molar-refractivity contribution in [3.05, 3.63) is 63.1 Å². The van der Waals surface area contributed by atoms with Crippen LogP contribution in [0.3, 0.4) is 0 Å². The quantitative estimate of drug-likeness (QED) is 0.745. The molecule has 1 aromatic carbocycles. The highest BCUT2D eigenvalue weighted by Crippen LogP contribution is 2.09. The maximum atomic E-state index is 12.3. The second-order valence-electron chi connectivity index (χ2n) is 4.78. The van der Waals surface area contributed by atoms with Crippen LogP contribution in [0.4, 0.5) is 0 Å². The van der Waals surface area contributed by atoms with Crippen LogP contribution in [0.15, 0.2) is 52.0 Å². The van der Waals surface area contributed by atoms with Gasteiger partial charge in [-0.1, -0.05) is 17.3 Å². The van der Waals surface area contributed by atoms with Gasteiger partial charge in [0.05, 0.1) is 17.5 Å². The zero-order valence-electron chi connectivity index (χ0n) is 11.9. The average molecular weight is 374 g/mol. The Hall–Kier alpha value is -2.61. The summed E-state index contributed by atoms with van der Waals surface area (Å²) in [6, 6.07) is 8.68. The molecule has 0 spiro atoms. The Morgan fingerprint density at radius 3 is 2.91 bits per heavy atom. The number of rotatable bonds is 4. The van der Waals surface area contributed by atoms with Gasteiger partial charge >= 0.3 is 0 Å². The fourth-order valence-corrected chi connectivity index (χ4v) is 2.45. The van der Waals surface area contributed by atoms with Gasteiger partial charge < -0.3 is 5.32 Å². The molecule has 0 aliphatic rings. The number of nitrogens with one attached hydrogen (secondary N) is 1. The van der Waals surface area contributed by atoms with E-state index in [0.717, 1.165) is 4.47 Å². The van der Waals surface area contributed by atoms with Crippen LogP contribution in [-0.2, 0) is 6.54 Å². The van der Waals surface area contributed by atoms with E-state index in [0.29, 0.717) is 16.5 Å². The molecule has 7 nitrogen and oxygen atoms in total. The first kappa shape index (κ1) is 15.3. The molecular weight excluding hydrogens is 362 g/mol. The van der Waals surface area contributed by atoms with Crippen molar-refractivity contribution in [2.75, 3.05) is 6.54 Å². The SMILES string of the molecule is O=C(NCCn1nnc2ccccc2c1=O)c1cncc(Br)c1. The summed E-state index contributed by atoms with van der Waals surface area (Å²) in [5.74, 6) is -0.263. The summed E-state index contributed by atoms with van der Waals surface area (Å²) in [7, 11) is 0. The highest BCUT2D eigenvalue weighted by molar-refractivity contribution is 9.10. The molecule has 3 aromatic rings. The molecule has 0 unspecified atom stereocenters. The molecule has 3 rings (SSSR count). The average Bonchev–Trinajstić information content (AvgIpc) is 2.57. The maximum absolute atomic E-state index is 12.3. The van der Waals surface area contributed by atoms with Crippen LogP contribution < -0.4 is 10.9 Å². The molecule has 2 heterocycles. The van der Waals surface area contributed by atoms with Crippen LogP contribution in [0.25, 0.3) is 10.9 Å². The predicted octanol–water partition coefficient (Wildman–Crippen LogP) is 1.38. The highest BCUT2D eigenvalue weighted by atomic mass is 79.9. The van der Waals surface area contributed by atoms with Crippen molar-refractivity contribution in [3.63, 3.8) is 0 Å². The standard InChI is InChI=1S/C15H12BrN5O2/c16-11-7-10(8-17-9-11)14(22)18-5-6-21-15(23)12-3-1-2-4-13(12)19-20-21/h1-4,7-9H,5-6H2,(H,18,22). The summed E-state index contributed by atoms with van der Waals surface area (Å²) >= 11 is 3.26. The zero-order valence-corrected chi connectivity index (χ0v) is 13.5. The largest absolute Gasteiger partial charge is 0.350 e. The summed E-state index contributed by atoms with van der Waals surface area (Å²) in [4.78, 5) is 28.2. The molecule has 8 heteroatoms. The van der Waals surface area contributed by atoms with Gasteiger partial charge in [-0.05, 0) is 34.1 Å². The summed E-state index contributed by atoms with van der Waals surface area (Å²) < 4.78 is 1.96. The Bertz CT molecular complexity index is 925. The van der Waals surface area contributed by atoms with Gasteiger partial charge in [-0.2, -0.15) is 0 Å². The van der Waals surface area contributed by atoms with Crippen molar-refractivity contribution in [2.24, 2.45) is 0 Å². The number of hydrogen-bond donors (Lipinski definition) is 1. The lowest BCUT2D eigenvalue weighted by atomic mass is 10.2. The molecule has 0 aliphatic carbocycles. The van der Waals surface area contributed by atoms with Gasteiger partial charge in [0.1, 0.15) is 5.52 Å². The first-order chi connectivity index (χ1) is 11.1. The van der Waals surface area contributed by atoms with Gasteiger partial charge in [-0.15, -0.1) is 5.10 Å². The molecule has 116 valence electrons. The lowest BCUT2D eigenvalue weighted by Gasteiger charge is -2.07. The van der Waals surface area contributed by atoms with Crippen molar-refractivity contribution in [1.29, 1.82) is 0 Å². The number of carbonyl (C=O) groups excluding carboxylic acids is 1. The number of benzene rings is 1. The molecule has 0 atom stereocenters. The van der Waals surface area contributed by atoms with E-state index in [1.807, 2.05) is 0 Å². The van der Waals surface area contributed by atoms with Gasteiger partial charge in [0.2, 0.25) is 0 Å². The molecule has 0 saturated carbocycles. The van der Waals surface area contributed by atoms with Crippen molar-refractivity contribution in [3.8, 4) is 0 Å². The topological polar surface area (TPSA) is 89.8 Å².